The Balaban J connectivity index is 1.50. The Morgan fingerprint density at radius 2 is 1.69 bits per heavy atom. The van der Waals surface area contributed by atoms with E-state index in [1.54, 1.807) is 7.11 Å². The number of urea groups is 1. The number of halogens is 1. The van der Waals surface area contributed by atoms with Crippen molar-refractivity contribution in [3.63, 3.8) is 0 Å². The van der Waals surface area contributed by atoms with E-state index in [2.05, 4.69) is 4.90 Å². The first-order valence-electron chi connectivity index (χ1n) is 12.2. The van der Waals surface area contributed by atoms with Crippen LogP contribution in [0.25, 0.3) is 0 Å². The molecule has 2 aromatic carbocycles. The smallest absolute Gasteiger partial charge is 0.327 e. The summed E-state index contributed by atoms with van der Waals surface area (Å²) in [5, 5.41) is 0.760. The first-order chi connectivity index (χ1) is 16.8. The van der Waals surface area contributed by atoms with Crippen LogP contribution < -0.4 is 4.74 Å². The quantitative estimate of drug-likeness (QED) is 0.493. The predicted octanol–water partition coefficient (Wildman–Crippen LogP) is 3.75. The van der Waals surface area contributed by atoms with Gasteiger partial charge in [-0.15, -0.1) is 0 Å². The van der Waals surface area contributed by atoms with E-state index in [-0.39, 0.29) is 11.9 Å². The average molecular weight is 499 g/mol. The van der Waals surface area contributed by atoms with Crippen LogP contribution in [0.15, 0.2) is 48.5 Å². The third kappa shape index (κ3) is 5.47. The van der Waals surface area contributed by atoms with Crippen molar-refractivity contribution in [2.24, 2.45) is 0 Å². The number of rotatable bonds is 9. The molecule has 7 nitrogen and oxygen atoms in total. The SMILES string of the molecule is COc1ccc(CCN2C(=O)N(CCN(C)C)C(=O)C23CCN(Cc2ccccc2Cl)CC3)cc1. The molecule has 0 atom stereocenters. The lowest BCUT2D eigenvalue weighted by atomic mass is 9.85. The van der Waals surface area contributed by atoms with E-state index < -0.39 is 5.54 Å². The lowest BCUT2D eigenvalue weighted by Crippen LogP contribution is -2.56. The monoisotopic (exact) mass is 498 g/mol. The van der Waals surface area contributed by atoms with Crippen LogP contribution in [0.5, 0.6) is 5.75 Å². The van der Waals surface area contributed by atoms with E-state index in [1.807, 2.05) is 72.4 Å². The Morgan fingerprint density at radius 3 is 2.31 bits per heavy atom. The van der Waals surface area contributed by atoms with Crippen molar-refractivity contribution >= 4 is 23.5 Å². The Kier molecular flexibility index (Phi) is 7.99. The molecule has 2 saturated heterocycles. The number of likely N-dealkylation sites (tertiary alicyclic amines) is 1. The van der Waals surface area contributed by atoms with Gasteiger partial charge in [-0.05, 0) is 62.7 Å². The number of carbonyl (C=O) groups excluding carboxylic acids is 2. The van der Waals surface area contributed by atoms with Crippen molar-refractivity contribution < 1.29 is 14.3 Å². The number of piperidine rings is 1. The van der Waals surface area contributed by atoms with Crippen molar-refractivity contribution in [1.29, 1.82) is 0 Å². The zero-order valence-corrected chi connectivity index (χ0v) is 21.6. The van der Waals surface area contributed by atoms with Gasteiger partial charge in [0.15, 0.2) is 0 Å². The normalized spacial score (nSPS) is 18.2. The van der Waals surface area contributed by atoms with Gasteiger partial charge in [0.1, 0.15) is 11.3 Å². The van der Waals surface area contributed by atoms with E-state index in [4.69, 9.17) is 16.3 Å². The standard InChI is InChI=1S/C27H35ClN4O3/c1-29(2)18-19-31-25(33)27(13-16-30(17-14-27)20-22-6-4-5-7-24(22)28)32(26(31)34)15-12-21-8-10-23(35-3)11-9-21/h4-11H,12-20H2,1-3H3. The lowest BCUT2D eigenvalue weighted by molar-refractivity contribution is -0.135. The summed E-state index contributed by atoms with van der Waals surface area (Å²) in [7, 11) is 5.55. The molecule has 0 aliphatic carbocycles. The Morgan fingerprint density at radius 1 is 1.00 bits per heavy atom. The number of ether oxygens (including phenoxy) is 1. The molecule has 3 amide bonds. The summed E-state index contributed by atoms with van der Waals surface area (Å²) >= 11 is 6.38. The maximum atomic E-state index is 13.7. The molecular formula is C27H35ClN4O3. The van der Waals surface area contributed by atoms with Gasteiger partial charge >= 0.3 is 6.03 Å². The summed E-state index contributed by atoms with van der Waals surface area (Å²) in [4.78, 5) is 34.9. The van der Waals surface area contributed by atoms with E-state index >= 15 is 0 Å². The van der Waals surface area contributed by atoms with Gasteiger partial charge in [0.2, 0.25) is 0 Å². The van der Waals surface area contributed by atoms with Gasteiger partial charge in [0, 0.05) is 44.3 Å². The molecule has 2 fully saturated rings. The van der Waals surface area contributed by atoms with Crippen LogP contribution in [0.1, 0.15) is 24.0 Å². The average Bonchev–Trinajstić information content (AvgIpc) is 3.04. The lowest BCUT2D eigenvalue weighted by Gasteiger charge is -2.42. The third-order valence-corrected chi connectivity index (χ3v) is 7.58. The molecule has 1 spiro atoms. The number of carbonyl (C=O) groups is 2. The van der Waals surface area contributed by atoms with E-state index in [9.17, 15) is 9.59 Å². The molecule has 0 bridgehead atoms. The van der Waals surface area contributed by atoms with E-state index in [0.29, 0.717) is 38.9 Å². The number of hydrogen-bond acceptors (Lipinski definition) is 5. The van der Waals surface area contributed by atoms with Crippen LogP contribution in [0, 0.1) is 0 Å². The van der Waals surface area contributed by atoms with Gasteiger partial charge in [-0.1, -0.05) is 41.9 Å². The maximum absolute atomic E-state index is 13.7. The minimum absolute atomic E-state index is 0.0449. The van der Waals surface area contributed by atoms with E-state index in [0.717, 1.165) is 41.5 Å². The van der Waals surface area contributed by atoms with Crippen LogP contribution in [0.3, 0.4) is 0 Å². The minimum atomic E-state index is -0.771. The highest BCUT2D eigenvalue weighted by molar-refractivity contribution is 6.31. The molecule has 4 rings (SSSR count). The second-order valence-corrected chi connectivity index (χ2v) is 10.1. The van der Waals surface area contributed by atoms with E-state index in [1.165, 1.54) is 4.90 Å². The third-order valence-electron chi connectivity index (χ3n) is 7.21. The van der Waals surface area contributed by atoms with Crippen molar-refractivity contribution in [2.45, 2.75) is 31.3 Å². The molecule has 2 aliphatic rings. The van der Waals surface area contributed by atoms with Gasteiger partial charge in [0.05, 0.1) is 7.11 Å². The first kappa shape index (κ1) is 25.5. The van der Waals surface area contributed by atoms with Gasteiger partial charge < -0.3 is 14.5 Å². The Bertz CT molecular complexity index is 1030. The number of methoxy groups -OCH3 is 1. The topological polar surface area (TPSA) is 56.3 Å². The first-order valence-corrected chi connectivity index (χ1v) is 12.6. The van der Waals surface area contributed by atoms with Crippen molar-refractivity contribution in [2.75, 3.05) is 53.9 Å². The molecule has 0 aromatic heterocycles. The zero-order chi connectivity index (χ0) is 25.0. The molecule has 2 aromatic rings. The fourth-order valence-corrected chi connectivity index (χ4v) is 5.25. The van der Waals surface area contributed by atoms with Crippen LogP contribution >= 0.6 is 11.6 Å². The number of hydrogen-bond donors (Lipinski definition) is 0. The summed E-state index contributed by atoms with van der Waals surface area (Å²) in [6.07, 6.45) is 1.95. The van der Waals surface area contributed by atoms with Crippen LogP contribution in [0.4, 0.5) is 4.79 Å². The molecule has 0 N–H and O–H groups in total. The summed E-state index contributed by atoms with van der Waals surface area (Å²) in [6, 6.07) is 15.6. The molecule has 0 unspecified atom stereocenters. The summed E-state index contributed by atoms with van der Waals surface area (Å²) in [5.74, 6) is 0.759. The number of benzene rings is 2. The summed E-state index contributed by atoms with van der Waals surface area (Å²) in [5.41, 5.74) is 1.43. The summed E-state index contributed by atoms with van der Waals surface area (Å²) in [6.45, 7) is 3.80. The zero-order valence-electron chi connectivity index (χ0n) is 20.9. The number of nitrogens with zero attached hydrogens (tertiary/aromatic N) is 4. The maximum Gasteiger partial charge on any atom is 0.327 e. The largest absolute Gasteiger partial charge is 0.497 e. The van der Waals surface area contributed by atoms with Crippen LogP contribution in [-0.4, -0.2) is 91.0 Å². The van der Waals surface area contributed by atoms with Gasteiger partial charge in [0.25, 0.3) is 5.91 Å². The van der Waals surface area contributed by atoms with Gasteiger partial charge in [-0.3, -0.25) is 14.6 Å². The van der Waals surface area contributed by atoms with Gasteiger partial charge in [-0.25, -0.2) is 4.79 Å². The van der Waals surface area contributed by atoms with Crippen molar-refractivity contribution in [1.82, 2.24) is 19.6 Å². The highest BCUT2D eigenvalue weighted by Gasteiger charge is 2.57. The fraction of sp³-hybridized carbons (Fsp3) is 0.481. The van der Waals surface area contributed by atoms with Crippen LogP contribution in [0.2, 0.25) is 5.02 Å². The summed E-state index contributed by atoms with van der Waals surface area (Å²) < 4.78 is 5.26. The molecule has 188 valence electrons. The molecule has 35 heavy (non-hydrogen) atoms. The number of imide groups is 1. The van der Waals surface area contributed by atoms with Crippen LogP contribution in [-0.2, 0) is 17.8 Å². The molecule has 8 heteroatoms. The number of likely N-dealkylation sites (N-methyl/N-ethyl adjacent to an activating group) is 1. The second-order valence-electron chi connectivity index (χ2n) is 9.69. The molecule has 2 heterocycles. The molecule has 2 aliphatic heterocycles. The predicted molar refractivity (Wildman–Crippen MR) is 138 cm³/mol. The molecule has 0 radical (unpaired) electrons. The second kappa shape index (κ2) is 11.0. The van der Waals surface area contributed by atoms with Crippen molar-refractivity contribution in [3.8, 4) is 5.75 Å². The molecule has 0 saturated carbocycles. The highest BCUT2D eigenvalue weighted by atomic mass is 35.5. The van der Waals surface area contributed by atoms with Crippen molar-refractivity contribution in [3.05, 3.63) is 64.7 Å². The minimum Gasteiger partial charge on any atom is -0.497 e. The molecular weight excluding hydrogens is 464 g/mol. The Labute approximate surface area is 213 Å². The fourth-order valence-electron chi connectivity index (χ4n) is 5.05. The highest BCUT2D eigenvalue weighted by Crippen LogP contribution is 2.38. The Hall–Kier alpha value is -2.61. The van der Waals surface area contributed by atoms with Gasteiger partial charge in [-0.2, -0.15) is 0 Å². The number of amides is 3.